The van der Waals surface area contributed by atoms with E-state index in [9.17, 15) is 9.59 Å². The highest BCUT2D eigenvalue weighted by Gasteiger charge is 2.29. The van der Waals surface area contributed by atoms with Crippen LogP contribution in [0.15, 0.2) is 47.3 Å². The summed E-state index contributed by atoms with van der Waals surface area (Å²) in [7, 11) is 3.37. The molecule has 7 heteroatoms. The summed E-state index contributed by atoms with van der Waals surface area (Å²) >= 11 is 0. The highest BCUT2D eigenvalue weighted by molar-refractivity contribution is 6.07. The van der Waals surface area contributed by atoms with E-state index in [1.807, 2.05) is 18.2 Å². The number of methoxy groups -OCH3 is 1. The summed E-state index contributed by atoms with van der Waals surface area (Å²) in [5, 5.41) is 0.887. The molecule has 0 atom stereocenters. The zero-order valence-corrected chi connectivity index (χ0v) is 19.0. The van der Waals surface area contributed by atoms with Crippen LogP contribution < -0.4 is 20.9 Å². The number of aromatic nitrogens is 1. The van der Waals surface area contributed by atoms with Gasteiger partial charge in [0.05, 0.1) is 31.5 Å². The van der Waals surface area contributed by atoms with E-state index in [1.54, 1.807) is 18.7 Å². The van der Waals surface area contributed by atoms with E-state index in [0.29, 0.717) is 30.7 Å². The molecule has 0 aliphatic carbocycles. The first-order chi connectivity index (χ1) is 16.0. The van der Waals surface area contributed by atoms with Crippen molar-refractivity contribution in [1.29, 1.82) is 0 Å². The van der Waals surface area contributed by atoms with Gasteiger partial charge in [0.15, 0.2) is 0 Å². The van der Waals surface area contributed by atoms with Crippen molar-refractivity contribution in [3.05, 3.63) is 69.5 Å². The van der Waals surface area contributed by atoms with Crippen LogP contribution in [0.5, 0.6) is 5.75 Å². The molecule has 0 radical (unpaired) electrons. The lowest BCUT2D eigenvalue weighted by Gasteiger charge is -2.35. The van der Waals surface area contributed by atoms with E-state index in [-0.39, 0.29) is 11.1 Å². The molecule has 5 rings (SSSR count). The molecule has 1 amide bonds. The van der Waals surface area contributed by atoms with E-state index in [1.165, 1.54) is 5.56 Å². The van der Waals surface area contributed by atoms with Crippen molar-refractivity contribution in [1.82, 2.24) is 4.57 Å². The van der Waals surface area contributed by atoms with Crippen LogP contribution >= 0.6 is 0 Å². The van der Waals surface area contributed by atoms with Crippen LogP contribution in [0, 0.1) is 0 Å². The van der Waals surface area contributed by atoms with Crippen molar-refractivity contribution in [3.8, 4) is 5.75 Å². The molecule has 3 aromatic rings. The predicted molar refractivity (Wildman–Crippen MR) is 128 cm³/mol. The SMILES string of the molecule is COc1ccc(C2CCN(c3c(C(N)=O)c(=O)n(C)c4cc(C5COC5)ccc34)CC2)cc1. The molecule has 3 heterocycles. The molecular weight excluding hydrogens is 418 g/mol. The minimum absolute atomic E-state index is 0.0765. The zero-order chi connectivity index (χ0) is 23.1. The summed E-state index contributed by atoms with van der Waals surface area (Å²) in [5.41, 5.74) is 9.39. The number of amides is 1. The van der Waals surface area contributed by atoms with Crippen LogP contribution in [-0.4, -0.2) is 43.9 Å². The minimum atomic E-state index is -0.679. The Bertz CT molecular complexity index is 1250. The maximum absolute atomic E-state index is 13.2. The Hall–Kier alpha value is -3.32. The van der Waals surface area contributed by atoms with Crippen LogP contribution in [-0.2, 0) is 11.8 Å². The van der Waals surface area contributed by atoms with Crippen molar-refractivity contribution in [3.63, 3.8) is 0 Å². The molecule has 2 fully saturated rings. The molecule has 1 aromatic heterocycles. The van der Waals surface area contributed by atoms with Gasteiger partial charge in [0.25, 0.3) is 11.5 Å². The molecule has 0 unspecified atom stereocenters. The smallest absolute Gasteiger partial charge is 0.265 e. The Morgan fingerprint density at radius 1 is 1.03 bits per heavy atom. The maximum atomic E-state index is 13.2. The Morgan fingerprint density at radius 3 is 2.27 bits per heavy atom. The number of anilines is 1. The van der Waals surface area contributed by atoms with E-state index in [4.69, 9.17) is 15.2 Å². The third-order valence-electron chi connectivity index (χ3n) is 7.15. The third-order valence-corrected chi connectivity index (χ3v) is 7.15. The lowest BCUT2D eigenvalue weighted by atomic mass is 9.88. The molecule has 2 aliphatic rings. The zero-order valence-electron chi connectivity index (χ0n) is 19.0. The highest BCUT2D eigenvalue weighted by Crippen LogP contribution is 2.36. The summed E-state index contributed by atoms with van der Waals surface area (Å²) in [4.78, 5) is 27.8. The topological polar surface area (TPSA) is 86.8 Å². The van der Waals surface area contributed by atoms with Gasteiger partial charge in [-0.2, -0.15) is 0 Å². The van der Waals surface area contributed by atoms with E-state index >= 15 is 0 Å². The maximum Gasteiger partial charge on any atom is 0.265 e. The number of ether oxygens (including phenoxy) is 2. The summed E-state index contributed by atoms with van der Waals surface area (Å²) in [6.45, 7) is 2.89. The van der Waals surface area contributed by atoms with Crippen LogP contribution in [0.4, 0.5) is 5.69 Å². The van der Waals surface area contributed by atoms with Gasteiger partial charge in [-0.1, -0.05) is 24.3 Å². The first-order valence-electron chi connectivity index (χ1n) is 11.4. The van der Waals surface area contributed by atoms with Crippen molar-refractivity contribution in [2.75, 3.05) is 38.3 Å². The number of hydrogen-bond acceptors (Lipinski definition) is 5. The summed E-state index contributed by atoms with van der Waals surface area (Å²) in [6.07, 6.45) is 1.86. The fourth-order valence-corrected chi connectivity index (χ4v) is 5.08. The monoisotopic (exact) mass is 447 g/mol. The lowest BCUT2D eigenvalue weighted by molar-refractivity contribution is 0.00846. The van der Waals surface area contributed by atoms with Gasteiger partial charge in [-0.25, -0.2) is 0 Å². The average molecular weight is 448 g/mol. The molecule has 2 saturated heterocycles. The third kappa shape index (κ3) is 3.76. The summed E-state index contributed by atoms with van der Waals surface area (Å²) < 4.78 is 12.2. The second-order valence-corrected chi connectivity index (χ2v) is 9.00. The Morgan fingerprint density at radius 2 is 1.70 bits per heavy atom. The number of primary amides is 1. The number of fused-ring (bicyclic) bond motifs is 1. The standard InChI is InChI=1S/C26H29N3O4/c1-28-22-13-18(19-14-33-15-19)5-8-21(22)24(23(25(27)30)26(28)31)29-11-9-17(10-12-29)16-3-6-20(32-2)7-4-16/h3-8,13,17,19H,9-12,14-15H2,1-2H3,(H2,27,30). The molecule has 33 heavy (non-hydrogen) atoms. The van der Waals surface area contributed by atoms with Gasteiger partial charge in [0, 0.05) is 31.4 Å². The Balaban J connectivity index is 1.51. The number of piperidine rings is 1. The van der Waals surface area contributed by atoms with E-state index in [2.05, 4.69) is 29.2 Å². The number of nitrogens with zero attached hydrogens (tertiary/aromatic N) is 2. The highest BCUT2D eigenvalue weighted by atomic mass is 16.5. The number of aryl methyl sites for hydroxylation is 1. The number of nitrogens with two attached hydrogens (primary N) is 1. The minimum Gasteiger partial charge on any atom is -0.497 e. The molecule has 0 bridgehead atoms. The van der Waals surface area contributed by atoms with Crippen LogP contribution in [0.2, 0.25) is 0 Å². The van der Waals surface area contributed by atoms with Gasteiger partial charge in [0.1, 0.15) is 11.3 Å². The first-order valence-corrected chi connectivity index (χ1v) is 11.4. The first kappa shape index (κ1) is 21.5. The largest absolute Gasteiger partial charge is 0.497 e. The quantitative estimate of drug-likeness (QED) is 0.649. The molecular formula is C26H29N3O4. The Kier molecular flexibility index (Phi) is 5.58. The van der Waals surface area contributed by atoms with E-state index < -0.39 is 5.91 Å². The van der Waals surface area contributed by atoms with Crippen molar-refractivity contribution >= 4 is 22.5 Å². The number of benzene rings is 2. The number of carbonyl (C=O) groups excluding carboxylic acids is 1. The Labute approximate surface area is 192 Å². The van der Waals surface area contributed by atoms with Crippen LogP contribution in [0.25, 0.3) is 10.9 Å². The number of hydrogen-bond donors (Lipinski definition) is 1. The predicted octanol–water partition coefficient (Wildman–Crippen LogP) is 3.14. The van der Waals surface area contributed by atoms with Crippen LogP contribution in [0.1, 0.15) is 46.2 Å². The normalized spacial score (nSPS) is 17.2. The molecule has 7 nitrogen and oxygen atoms in total. The molecule has 2 aromatic carbocycles. The fraction of sp³-hybridized carbons (Fsp3) is 0.385. The number of pyridine rings is 1. The fourth-order valence-electron chi connectivity index (χ4n) is 5.08. The van der Waals surface area contributed by atoms with E-state index in [0.717, 1.165) is 48.1 Å². The van der Waals surface area contributed by atoms with Gasteiger partial charge < -0.3 is 24.7 Å². The van der Waals surface area contributed by atoms with Gasteiger partial charge in [-0.15, -0.1) is 0 Å². The molecule has 2 N–H and O–H groups in total. The van der Waals surface area contributed by atoms with Crippen molar-refractivity contribution in [2.24, 2.45) is 12.8 Å². The number of rotatable bonds is 5. The molecule has 2 aliphatic heterocycles. The average Bonchev–Trinajstić information content (AvgIpc) is 2.80. The molecule has 0 spiro atoms. The second kappa shape index (κ2) is 8.56. The van der Waals surface area contributed by atoms with Gasteiger partial charge >= 0.3 is 0 Å². The summed E-state index contributed by atoms with van der Waals surface area (Å²) in [6, 6.07) is 14.4. The summed E-state index contributed by atoms with van der Waals surface area (Å²) in [5.74, 6) is 0.944. The number of carbonyl (C=O) groups is 1. The lowest BCUT2D eigenvalue weighted by Crippen LogP contribution is -2.38. The van der Waals surface area contributed by atoms with Crippen molar-refractivity contribution < 1.29 is 14.3 Å². The van der Waals surface area contributed by atoms with Gasteiger partial charge in [-0.05, 0) is 48.1 Å². The van der Waals surface area contributed by atoms with Gasteiger partial charge in [-0.3, -0.25) is 9.59 Å². The second-order valence-electron chi connectivity index (χ2n) is 9.00. The van der Waals surface area contributed by atoms with Crippen molar-refractivity contribution in [2.45, 2.75) is 24.7 Å². The molecule has 0 saturated carbocycles. The van der Waals surface area contributed by atoms with Crippen LogP contribution in [0.3, 0.4) is 0 Å². The molecule has 172 valence electrons. The van der Waals surface area contributed by atoms with Gasteiger partial charge in [0.2, 0.25) is 0 Å².